The first-order valence-electron chi connectivity index (χ1n) is 11.0. The Kier molecular flexibility index (Phi) is 6.27. The molecule has 1 saturated heterocycles. The van der Waals surface area contributed by atoms with Crippen LogP contribution < -0.4 is 14.4 Å². The number of hydrogen-bond acceptors (Lipinski definition) is 7. The Morgan fingerprint density at radius 2 is 1.84 bits per heavy atom. The lowest BCUT2D eigenvalue weighted by Gasteiger charge is -2.31. The maximum absolute atomic E-state index is 5.93. The van der Waals surface area contributed by atoms with Crippen molar-refractivity contribution in [1.29, 1.82) is 0 Å². The zero-order valence-corrected chi connectivity index (χ0v) is 19.0. The maximum atomic E-state index is 5.93. The molecule has 0 aliphatic carbocycles. The Labute approximate surface area is 183 Å². The number of methoxy groups -OCH3 is 2. The molecule has 2 aromatic heterocycles. The summed E-state index contributed by atoms with van der Waals surface area (Å²) in [6.45, 7) is 8.37. The number of anilines is 1. The summed E-state index contributed by atoms with van der Waals surface area (Å²) in [4.78, 5) is 11.8. The molecule has 0 bridgehead atoms. The minimum absolute atomic E-state index is 0.0184. The molecule has 31 heavy (non-hydrogen) atoms. The first kappa shape index (κ1) is 21.4. The monoisotopic (exact) mass is 425 g/mol. The van der Waals surface area contributed by atoms with Crippen molar-refractivity contribution in [1.82, 2.24) is 19.6 Å². The van der Waals surface area contributed by atoms with E-state index in [0.717, 1.165) is 73.3 Å². The van der Waals surface area contributed by atoms with E-state index in [2.05, 4.69) is 27.1 Å². The predicted octanol–water partition coefficient (Wildman–Crippen LogP) is 3.89. The molecule has 166 valence electrons. The fourth-order valence-corrected chi connectivity index (χ4v) is 4.40. The number of imidazole rings is 1. The van der Waals surface area contributed by atoms with Crippen LogP contribution in [-0.4, -0.2) is 47.0 Å². The van der Waals surface area contributed by atoms with E-state index in [0.29, 0.717) is 0 Å². The summed E-state index contributed by atoms with van der Waals surface area (Å²) in [5.74, 6) is 3.29. The SMILES string of the molecule is CC.COc1cc2c(cc1OC)CN(c1ncnn3c(C)nc(C4CCCO4)c13)CC2. The van der Waals surface area contributed by atoms with Gasteiger partial charge in [0, 0.05) is 19.7 Å². The molecule has 2 aliphatic heterocycles. The van der Waals surface area contributed by atoms with E-state index in [4.69, 9.17) is 19.2 Å². The maximum Gasteiger partial charge on any atom is 0.161 e. The summed E-state index contributed by atoms with van der Waals surface area (Å²) < 4.78 is 18.8. The van der Waals surface area contributed by atoms with Crippen molar-refractivity contribution in [2.24, 2.45) is 0 Å². The van der Waals surface area contributed by atoms with Crippen LogP contribution in [0.4, 0.5) is 5.82 Å². The average Bonchev–Trinajstić information content (AvgIpc) is 3.47. The van der Waals surface area contributed by atoms with Gasteiger partial charge in [0.15, 0.2) is 17.3 Å². The molecule has 0 radical (unpaired) electrons. The van der Waals surface area contributed by atoms with Gasteiger partial charge in [-0.1, -0.05) is 13.8 Å². The summed E-state index contributed by atoms with van der Waals surface area (Å²) in [7, 11) is 3.34. The summed E-state index contributed by atoms with van der Waals surface area (Å²) in [6, 6.07) is 4.16. The van der Waals surface area contributed by atoms with E-state index in [1.54, 1.807) is 20.5 Å². The van der Waals surface area contributed by atoms with Gasteiger partial charge >= 0.3 is 0 Å². The first-order chi connectivity index (χ1) is 15.2. The van der Waals surface area contributed by atoms with Crippen LogP contribution in [0.15, 0.2) is 18.5 Å². The molecule has 1 fully saturated rings. The quantitative estimate of drug-likeness (QED) is 0.628. The highest BCUT2D eigenvalue weighted by molar-refractivity contribution is 5.73. The van der Waals surface area contributed by atoms with E-state index in [-0.39, 0.29) is 6.10 Å². The molecule has 0 spiro atoms. The van der Waals surface area contributed by atoms with E-state index in [1.807, 2.05) is 25.3 Å². The minimum Gasteiger partial charge on any atom is -0.493 e. The standard InChI is InChI=1S/C21H25N5O3.C2H6/c1-13-24-19(16-5-4-8-29-16)20-21(22-12-23-26(13)20)25-7-6-14-9-17(27-2)18(28-3)10-15(14)11-25;1-2/h9-10,12,16H,4-8,11H2,1-3H3;1-2H3. The topological polar surface area (TPSA) is 74.0 Å². The number of benzene rings is 1. The van der Waals surface area contributed by atoms with Gasteiger partial charge in [0.25, 0.3) is 0 Å². The van der Waals surface area contributed by atoms with Gasteiger partial charge in [-0.25, -0.2) is 14.5 Å². The third-order valence-corrected chi connectivity index (χ3v) is 5.85. The summed E-state index contributed by atoms with van der Waals surface area (Å²) in [6.07, 6.45) is 4.59. The zero-order valence-electron chi connectivity index (χ0n) is 19.0. The van der Waals surface area contributed by atoms with E-state index in [1.165, 1.54) is 11.1 Å². The number of hydrogen-bond donors (Lipinski definition) is 0. The van der Waals surface area contributed by atoms with E-state index >= 15 is 0 Å². The van der Waals surface area contributed by atoms with Crippen molar-refractivity contribution in [3.63, 3.8) is 0 Å². The lowest BCUT2D eigenvalue weighted by Crippen LogP contribution is -2.31. The van der Waals surface area contributed by atoms with E-state index in [9.17, 15) is 0 Å². The Hall–Kier alpha value is -2.87. The molecule has 8 nitrogen and oxygen atoms in total. The fraction of sp³-hybridized carbons (Fsp3) is 0.522. The third-order valence-electron chi connectivity index (χ3n) is 5.85. The normalized spacial score (nSPS) is 17.8. The number of aryl methyl sites for hydroxylation is 1. The average molecular weight is 426 g/mol. The van der Waals surface area contributed by atoms with Gasteiger partial charge in [-0.3, -0.25) is 0 Å². The van der Waals surface area contributed by atoms with Crippen molar-refractivity contribution >= 4 is 11.3 Å². The van der Waals surface area contributed by atoms with Crippen LogP contribution >= 0.6 is 0 Å². The van der Waals surface area contributed by atoms with Crippen molar-refractivity contribution < 1.29 is 14.2 Å². The second kappa shape index (κ2) is 9.09. The number of ether oxygens (including phenoxy) is 3. The molecular weight excluding hydrogens is 394 g/mol. The van der Waals surface area contributed by atoms with Gasteiger partial charge in [-0.15, -0.1) is 0 Å². The van der Waals surface area contributed by atoms with E-state index < -0.39 is 0 Å². The van der Waals surface area contributed by atoms with Crippen LogP contribution in [0, 0.1) is 6.92 Å². The molecule has 0 amide bonds. The zero-order chi connectivity index (χ0) is 22.0. The van der Waals surface area contributed by atoms with Gasteiger partial charge < -0.3 is 19.1 Å². The van der Waals surface area contributed by atoms with Gasteiger partial charge in [0.05, 0.1) is 14.2 Å². The highest BCUT2D eigenvalue weighted by atomic mass is 16.5. The molecule has 0 N–H and O–H groups in total. The molecule has 3 aromatic rings. The van der Waals surface area contributed by atoms with Crippen molar-refractivity contribution in [2.45, 2.75) is 52.7 Å². The fourth-order valence-electron chi connectivity index (χ4n) is 4.40. The first-order valence-corrected chi connectivity index (χ1v) is 11.0. The van der Waals surface area contributed by atoms with Gasteiger partial charge in [0.1, 0.15) is 29.5 Å². The largest absolute Gasteiger partial charge is 0.493 e. The van der Waals surface area contributed by atoms with Crippen LogP contribution in [-0.2, 0) is 17.7 Å². The minimum atomic E-state index is 0.0184. The van der Waals surface area contributed by atoms with Crippen molar-refractivity contribution in [3.8, 4) is 11.5 Å². The highest BCUT2D eigenvalue weighted by Gasteiger charge is 2.29. The molecule has 1 unspecified atom stereocenters. The van der Waals surface area contributed by atoms with Crippen molar-refractivity contribution in [3.05, 3.63) is 41.1 Å². The molecule has 1 aromatic carbocycles. The number of fused-ring (bicyclic) bond motifs is 2. The Morgan fingerprint density at radius 1 is 1.10 bits per heavy atom. The second-order valence-corrected chi connectivity index (χ2v) is 7.54. The van der Waals surface area contributed by atoms with Gasteiger partial charge in [-0.2, -0.15) is 5.10 Å². The number of nitrogens with zero attached hydrogens (tertiary/aromatic N) is 5. The van der Waals surface area contributed by atoms with Crippen LogP contribution in [0.3, 0.4) is 0 Å². The third kappa shape index (κ3) is 3.80. The van der Waals surface area contributed by atoms with Crippen molar-refractivity contribution in [2.75, 3.05) is 32.3 Å². The number of rotatable bonds is 4. The smallest absolute Gasteiger partial charge is 0.161 e. The molecule has 4 heterocycles. The van der Waals surface area contributed by atoms with Crippen LogP contribution in [0.25, 0.3) is 5.52 Å². The number of aromatic nitrogens is 4. The Morgan fingerprint density at radius 3 is 2.52 bits per heavy atom. The Balaban J connectivity index is 0.00000112. The van der Waals surface area contributed by atoms with Crippen LogP contribution in [0.5, 0.6) is 11.5 Å². The second-order valence-electron chi connectivity index (χ2n) is 7.54. The van der Waals surface area contributed by atoms with Crippen LogP contribution in [0.1, 0.15) is 55.4 Å². The summed E-state index contributed by atoms with van der Waals surface area (Å²) >= 11 is 0. The van der Waals surface area contributed by atoms with Gasteiger partial charge in [0.2, 0.25) is 0 Å². The molecule has 1 atom stereocenters. The molecule has 5 rings (SSSR count). The molecule has 8 heteroatoms. The Bertz CT molecular complexity index is 1060. The van der Waals surface area contributed by atoms with Gasteiger partial charge in [-0.05, 0) is 49.4 Å². The predicted molar refractivity (Wildman–Crippen MR) is 119 cm³/mol. The lowest BCUT2D eigenvalue weighted by molar-refractivity contribution is 0.110. The lowest BCUT2D eigenvalue weighted by atomic mass is 9.98. The summed E-state index contributed by atoms with van der Waals surface area (Å²) in [5.41, 5.74) is 4.42. The molecule has 0 saturated carbocycles. The molecular formula is C23H31N5O3. The van der Waals surface area contributed by atoms with Crippen LogP contribution in [0.2, 0.25) is 0 Å². The molecule has 2 aliphatic rings. The highest BCUT2D eigenvalue weighted by Crippen LogP contribution is 2.37. The summed E-state index contributed by atoms with van der Waals surface area (Å²) in [5, 5.41) is 4.45.